The second kappa shape index (κ2) is 8.39. The number of carbonyl (C=O) groups is 1. The maximum absolute atomic E-state index is 11.9. The van der Waals surface area contributed by atoms with Gasteiger partial charge in [-0.15, -0.1) is 11.3 Å². The number of hydrogen-bond donors (Lipinski definition) is 2. The van der Waals surface area contributed by atoms with E-state index in [2.05, 4.69) is 4.72 Å². The van der Waals surface area contributed by atoms with Crippen LogP contribution >= 0.6 is 11.3 Å². The molecular weight excluding hydrogens is 298 g/mol. The number of aliphatic carboxylic acids is 1. The summed E-state index contributed by atoms with van der Waals surface area (Å²) in [5.74, 6) is -0.549. The normalized spacial score (nSPS) is 13.2. The first-order chi connectivity index (χ1) is 9.45. The number of hydrogen-bond acceptors (Lipinski definition) is 4. The highest BCUT2D eigenvalue weighted by molar-refractivity contribution is 7.91. The average molecular weight is 319 g/mol. The molecule has 5 nitrogen and oxygen atoms in total. The highest BCUT2D eigenvalue weighted by Gasteiger charge is 2.16. The Morgan fingerprint density at radius 1 is 1.40 bits per heavy atom. The SMILES string of the molecule is CCCC(CCNS(=O)(=O)c1cccs1)CCC(=O)O. The lowest BCUT2D eigenvalue weighted by molar-refractivity contribution is -0.137. The second-order valence-corrected chi connectivity index (χ2v) is 7.65. The summed E-state index contributed by atoms with van der Waals surface area (Å²) in [4.78, 5) is 10.6. The molecule has 0 aliphatic rings. The Kier molecular flexibility index (Phi) is 7.18. The molecule has 1 heterocycles. The summed E-state index contributed by atoms with van der Waals surface area (Å²) in [6.07, 6.45) is 3.31. The second-order valence-electron chi connectivity index (χ2n) is 4.71. The first-order valence-corrected chi connectivity index (χ1v) is 9.07. The van der Waals surface area contributed by atoms with E-state index in [-0.39, 0.29) is 12.3 Å². The van der Waals surface area contributed by atoms with Crippen LogP contribution in [0.3, 0.4) is 0 Å². The van der Waals surface area contributed by atoms with Crippen molar-refractivity contribution in [2.24, 2.45) is 5.92 Å². The van der Waals surface area contributed by atoms with Gasteiger partial charge in [0.2, 0.25) is 10.0 Å². The summed E-state index contributed by atoms with van der Waals surface area (Å²) < 4.78 is 26.7. The molecule has 0 saturated heterocycles. The molecule has 0 saturated carbocycles. The van der Waals surface area contributed by atoms with Gasteiger partial charge in [0.05, 0.1) is 0 Å². The van der Waals surface area contributed by atoms with Crippen molar-refractivity contribution in [3.8, 4) is 0 Å². The third-order valence-corrected chi connectivity index (χ3v) is 5.93. The van der Waals surface area contributed by atoms with Gasteiger partial charge in [-0.3, -0.25) is 4.79 Å². The molecule has 0 aliphatic heterocycles. The van der Waals surface area contributed by atoms with E-state index in [0.717, 1.165) is 12.8 Å². The summed E-state index contributed by atoms with van der Waals surface area (Å²) in [5, 5.41) is 10.4. The van der Waals surface area contributed by atoms with Gasteiger partial charge in [-0.05, 0) is 30.2 Å². The van der Waals surface area contributed by atoms with Crippen molar-refractivity contribution >= 4 is 27.3 Å². The van der Waals surface area contributed by atoms with Gasteiger partial charge in [-0.25, -0.2) is 13.1 Å². The number of nitrogens with one attached hydrogen (secondary N) is 1. The van der Waals surface area contributed by atoms with Crippen LogP contribution in [0, 0.1) is 5.92 Å². The Balaban J connectivity index is 2.41. The van der Waals surface area contributed by atoms with Crippen LogP contribution < -0.4 is 4.72 Å². The third-order valence-electron chi connectivity index (χ3n) is 3.07. The number of carboxylic acid groups (broad SMARTS) is 1. The minimum atomic E-state index is -3.41. The van der Waals surface area contributed by atoms with E-state index < -0.39 is 16.0 Å². The largest absolute Gasteiger partial charge is 0.481 e. The lowest BCUT2D eigenvalue weighted by atomic mass is 9.95. The first kappa shape index (κ1) is 17.1. The van der Waals surface area contributed by atoms with E-state index in [4.69, 9.17) is 5.11 Å². The fraction of sp³-hybridized carbons (Fsp3) is 0.615. The molecule has 0 radical (unpaired) electrons. The fourth-order valence-corrected chi connectivity index (χ4v) is 4.14. The molecule has 1 aromatic heterocycles. The van der Waals surface area contributed by atoms with Crippen LogP contribution in [-0.2, 0) is 14.8 Å². The van der Waals surface area contributed by atoms with Crippen molar-refractivity contribution in [2.45, 2.75) is 43.2 Å². The fourth-order valence-electron chi connectivity index (χ4n) is 2.05. The Labute approximate surface area is 124 Å². The van der Waals surface area contributed by atoms with Gasteiger partial charge < -0.3 is 5.11 Å². The van der Waals surface area contributed by atoms with E-state index in [1.165, 1.54) is 11.3 Å². The Hall–Kier alpha value is -0.920. The maximum atomic E-state index is 11.9. The minimum Gasteiger partial charge on any atom is -0.481 e. The van der Waals surface area contributed by atoms with Gasteiger partial charge in [-0.1, -0.05) is 25.8 Å². The van der Waals surface area contributed by atoms with Crippen LogP contribution in [0.2, 0.25) is 0 Å². The molecule has 1 unspecified atom stereocenters. The van der Waals surface area contributed by atoms with Crippen molar-refractivity contribution < 1.29 is 18.3 Å². The van der Waals surface area contributed by atoms with E-state index in [0.29, 0.717) is 23.6 Å². The Bertz CT molecular complexity index is 496. The van der Waals surface area contributed by atoms with Crippen LogP contribution in [0.5, 0.6) is 0 Å². The van der Waals surface area contributed by atoms with Crippen molar-refractivity contribution in [2.75, 3.05) is 6.54 Å². The molecule has 114 valence electrons. The zero-order chi connectivity index (χ0) is 15.0. The van der Waals surface area contributed by atoms with Gasteiger partial charge >= 0.3 is 5.97 Å². The van der Waals surface area contributed by atoms with Crippen molar-refractivity contribution in [1.82, 2.24) is 4.72 Å². The predicted molar refractivity (Wildman–Crippen MR) is 79.4 cm³/mol. The Morgan fingerprint density at radius 3 is 2.70 bits per heavy atom. The van der Waals surface area contributed by atoms with Crippen molar-refractivity contribution in [3.63, 3.8) is 0 Å². The summed E-state index contributed by atoms with van der Waals surface area (Å²) >= 11 is 1.18. The van der Waals surface area contributed by atoms with Gasteiger partial charge in [0.15, 0.2) is 0 Å². The zero-order valence-corrected chi connectivity index (χ0v) is 13.2. The molecule has 1 rings (SSSR count). The molecule has 0 aliphatic carbocycles. The Morgan fingerprint density at radius 2 is 2.15 bits per heavy atom. The van der Waals surface area contributed by atoms with Crippen LogP contribution in [0.25, 0.3) is 0 Å². The molecule has 0 aromatic carbocycles. The van der Waals surface area contributed by atoms with E-state index in [9.17, 15) is 13.2 Å². The zero-order valence-electron chi connectivity index (χ0n) is 11.5. The smallest absolute Gasteiger partial charge is 0.303 e. The number of thiophene rings is 1. The van der Waals surface area contributed by atoms with Crippen molar-refractivity contribution in [1.29, 1.82) is 0 Å². The lowest BCUT2D eigenvalue weighted by Gasteiger charge is -2.15. The molecule has 2 N–H and O–H groups in total. The van der Waals surface area contributed by atoms with Gasteiger partial charge in [0.25, 0.3) is 0 Å². The molecule has 0 bridgehead atoms. The highest BCUT2D eigenvalue weighted by Crippen LogP contribution is 2.19. The van der Waals surface area contributed by atoms with E-state index >= 15 is 0 Å². The van der Waals surface area contributed by atoms with Crippen LogP contribution in [0.4, 0.5) is 0 Å². The minimum absolute atomic E-state index is 0.141. The van der Waals surface area contributed by atoms with Crippen LogP contribution in [0.15, 0.2) is 21.7 Å². The standard InChI is InChI=1S/C13H21NO4S2/c1-2-4-11(6-7-12(15)16)8-9-14-20(17,18)13-5-3-10-19-13/h3,5,10-11,14H,2,4,6-9H2,1H3,(H,15,16). The van der Waals surface area contributed by atoms with Crippen LogP contribution in [0.1, 0.15) is 39.0 Å². The molecule has 0 spiro atoms. The number of carboxylic acids is 1. The van der Waals surface area contributed by atoms with E-state index in [1.54, 1.807) is 17.5 Å². The van der Waals surface area contributed by atoms with Crippen molar-refractivity contribution in [3.05, 3.63) is 17.5 Å². The monoisotopic (exact) mass is 319 g/mol. The average Bonchev–Trinajstić information content (AvgIpc) is 2.90. The maximum Gasteiger partial charge on any atom is 0.303 e. The molecular formula is C13H21NO4S2. The lowest BCUT2D eigenvalue weighted by Crippen LogP contribution is -2.25. The molecule has 20 heavy (non-hydrogen) atoms. The van der Waals surface area contributed by atoms with Crippen LogP contribution in [-0.4, -0.2) is 26.0 Å². The summed E-state index contributed by atoms with van der Waals surface area (Å²) in [5.41, 5.74) is 0. The molecule has 0 amide bonds. The molecule has 1 atom stereocenters. The number of sulfonamides is 1. The third kappa shape index (κ3) is 6.02. The summed E-state index contributed by atoms with van der Waals surface area (Å²) in [7, 11) is -3.41. The molecule has 0 fully saturated rings. The summed E-state index contributed by atoms with van der Waals surface area (Å²) in [6.45, 7) is 2.40. The quantitative estimate of drug-likeness (QED) is 0.694. The first-order valence-electron chi connectivity index (χ1n) is 6.70. The topological polar surface area (TPSA) is 83.5 Å². The van der Waals surface area contributed by atoms with E-state index in [1.807, 2.05) is 6.92 Å². The number of rotatable bonds is 10. The molecule has 7 heteroatoms. The van der Waals surface area contributed by atoms with Gasteiger partial charge in [-0.2, -0.15) is 0 Å². The van der Waals surface area contributed by atoms with Gasteiger partial charge in [0, 0.05) is 13.0 Å². The predicted octanol–water partition coefficient (Wildman–Crippen LogP) is 2.70. The molecule has 1 aromatic rings. The summed E-state index contributed by atoms with van der Waals surface area (Å²) in [6, 6.07) is 3.27. The highest BCUT2D eigenvalue weighted by atomic mass is 32.2. The van der Waals surface area contributed by atoms with Gasteiger partial charge in [0.1, 0.15) is 4.21 Å².